The molecule has 0 unspecified atom stereocenters. The van der Waals surface area contributed by atoms with E-state index >= 15 is 0 Å². The van der Waals surface area contributed by atoms with Gasteiger partial charge < -0.3 is 10.6 Å². The van der Waals surface area contributed by atoms with Crippen molar-refractivity contribution in [3.8, 4) is 0 Å². The van der Waals surface area contributed by atoms with Gasteiger partial charge in [-0.05, 0) is 42.5 Å². The first-order valence-corrected chi connectivity index (χ1v) is 8.02. The van der Waals surface area contributed by atoms with Crippen LogP contribution in [0.4, 0.5) is 21.6 Å². The average Bonchev–Trinajstić information content (AvgIpc) is 2.60. The molecule has 0 aliphatic rings. The van der Waals surface area contributed by atoms with E-state index in [4.69, 9.17) is 23.2 Å². The first-order chi connectivity index (χ1) is 12.0. The maximum Gasteiger partial charge on any atom is 0.255 e. The fourth-order valence-electron chi connectivity index (χ4n) is 2.11. The van der Waals surface area contributed by atoms with E-state index in [0.29, 0.717) is 27.2 Å². The Balaban J connectivity index is 1.70. The lowest BCUT2D eigenvalue weighted by Crippen LogP contribution is -2.12. The van der Waals surface area contributed by atoms with Crippen molar-refractivity contribution in [2.24, 2.45) is 0 Å². The molecule has 0 aliphatic carbocycles. The monoisotopic (exact) mass is 375 g/mol. The summed E-state index contributed by atoms with van der Waals surface area (Å²) in [7, 11) is 0. The van der Waals surface area contributed by atoms with Crippen molar-refractivity contribution in [3.63, 3.8) is 0 Å². The molecule has 0 spiro atoms. The van der Waals surface area contributed by atoms with Crippen LogP contribution < -0.4 is 10.6 Å². The lowest BCUT2D eigenvalue weighted by atomic mass is 10.2. The van der Waals surface area contributed by atoms with Crippen LogP contribution in [0.15, 0.2) is 60.8 Å². The summed E-state index contributed by atoms with van der Waals surface area (Å²) in [5.74, 6) is -0.350. The molecule has 0 atom stereocenters. The number of carbonyl (C=O) groups is 1. The molecular formula is C18H12Cl2FN3O. The molecule has 3 rings (SSSR count). The molecule has 0 bridgehead atoms. The molecule has 1 heterocycles. The van der Waals surface area contributed by atoms with Gasteiger partial charge in [0.1, 0.15) is 11.6 Å². The quantitative estimate of drug-likeness (QED) is 0.630. The van der Waals surface area contributed by atoms with Crippen LogP contribution in [0.2, 0.25) is 10.0 Å². The zero-order valence-electron chi connectivity index (χ0n) is 12.8. The zero-order chi connectivity index (χ0) is 17.8. The summed E-state index contributed by atoms with van der Waals surface area (Å²) in [5, 5.41) is 6.53. The van der Waals surface area contributed by atoms with Gasteiger partial charge in [-0.1, -0.05) is 35.3 Å². The normalized spacial score (nSPS) is 10.4. The van der Waals surface area contributed by atoms with E-state index in [-0.39, 0.29) is 5.56 Å². The summed E-state index contributed by atoms with van der Waals surface area (Å²) in [6.45, 7) is 0. The Labute approximate surface area is 153 Å². The topological polar surface area (TPSA) is 54.0 Å². The molecule has 4 nitrogen and oxygen atoms in total. The molecule has 3 aromatic rings. The molecule has 2 N–H and O–H groups in total. The van der Waals surface area contributed by atoms with Gasteiger partial charge >= 0.3 is 0 Å². The Bertz CT molecular complexity index is 916. The first-order valence-electron chi connectivity index (χ1n) is 7.27. The summed E-state index contributed by atoms with van der Waals surface area (Å²) in [5.41, 5.74) is 1.34. The maximum atomic E-state index is 13.2. The number of hydrogen-bond acceptors (Lipinski definition) is 3. The minimum absolute atomic E-state index is 0.230. The van der Waals surface area contributed by atoms with E-state index in [1.54, 1.807) is 30.3 Å². The number of rotatable bonds is 4. The van der Waals surface area contributed by atoms with E-state index in [0.717, 1.165) is 0 Å². The van der Waals surface area contributed by atoms with E-state index < -0.39 is 11.7 Å². The molecule has 1 aromatic heterocycles. The molecular weight excluding hydrogens is 364 g/mol. The number of hydrogen-bond donors (Lipinski definition) is 2. The Kier molecular flexibility index (Phi) is 5.16. The van der Waals surface area contributed by atoms with E-state index in [1.807, 2.05) is 0 Å². The molecule has 0 saturated carbocycles. The van der Waals surface area contributed by atoms with Crippen molar-refractivity contribution in [1.29, 1.82) is 0 Å². The first kappa shape index (κ1) is 17.2. The smallest absolute Gasteiger partial charge is 0.255 e. The Morgan fingerprint density at radius 2 is 1.84 bits per heavy atom. The highest BCUT2D eigenvalue weighted by molar-refractivity contribution is 6.43. The minimum Gasteiger partial charge on any atom is -0.339 e. The van der Waals surface area contributed by atoms with Gasteiger partial charge in [0.25, 0.3) is 5.91 Å². The summed E-state index contributed by atoms with van der Waals surface area (Å²) in [6.07, 6.45) is 1.48. The minimum atomic E-state index is -0.469. The third-order valence-electron chi connectivity index (χ3n) is 3.32. The van der Waals surface area contributed by atoms with Crippen molar-refractivity contribution in [1.82, 2.24) is 4.98 Å². The molecule has 0 aliphatic heterocycles. The molecule has 0 fully saturated rings. The standard InChI is InChI=1S/C18H12Cl2FN3O/c19-14-5-2-6-15(17(14)20)24-16-8-7-13(10-22-16)23-18(25)11-3-1-4-12(21)9-11/h1-10H,(H,22,24)(H,23,25). The Hall–Kier alpha value is -2.63. The third kappa shape index (κ3) is 4.26. The van der Waals surface area contributed by atoms with E-state index in [2.05, 4.69) is 15.6 Å². The van der Waals surface area contributed by atoms with Crippen LogP contribution in [0.5, 0.6) is 0 Å². The van der Waals surface area contributed by atoms with Crippen LogP contribution in [0.25, 0.3) is 0 Å². The van der Waals surface area contributed by atoms with Gasteiger partial charge in [0.2, 0.25) is 0 Å². The fraction of sp³-hybridized carbons (Fsp3) is 0. The van der Waals surface area contributed by atoms with Gasteiger partial charge in [0.05, 0.1) is 27.6 Å². The van der Waals surface area contributed by atoms with Crippen molar-refractivity contribution >= 4 is 46.3 Å². The van der Waals surface area contributed by atoms with Crippen LogP contribution in [-0.4, -0.2) is 10.9 Å². The van der Waals surface area contributed by atoms with Gasteiger partial charge in [-0.15, -0.1) is 0 Å². The van der Waals surface area contributed by atoms with Crippen LogP contribution in [0, 0.1) is 5.82 Å². The van der Waals surface area contributed by atoms with Crippen molar-refractivity contribution in [2.75, 3.05) is 10.6 Å². The highest BCUT2D eigenvalue weighted by Gasteiger charge is 2.08. The molecule has 0 radical (unpaired) electrons. The number of carbonyl (C=O) groups excluding carboxylic acids is 1. The summed E-state index contributed by atoms with van der Waals surface area (Å²) >= 11 is 12.1. The molecule has 1 amide bonds. The van der Waals surface area contributed by atoms with Crippen LogP contribution in [0.3, 0.4) is 0 Å². The summed E-state index contributed by atoms with van der Waals surface area (Å²) < 4.78 is 13.2. The van der Waals surface area contributed by atoms with Gasteiger partial charge in [-0.2, -0.15) is 0 Å². The van der Waals surface area contributed by atoms with E-state index in [9.17, 15) is 9.18 Å². The summed E-state index contributed by atoms with van der Waals surface area (Å²) in [6, 6.07) is 14.0. The van der Waals surface area contributed by atoms with Crippen LogP contribution in [0.1, 0.15) is 10.4 Å². The largest absolute Gasteiger partial charge is 0.339 e. The van der Waals surface area contributed by atoms with Gasteiger partial charge in [-0.25, -0.2) is 9.37 Å². The number of pyridine rings is 1. The van der Waals surface area contributed by atoms with Gasteiger partial charge in [-0.3, -0.25) is 4.79 Å². The Morgan fingerprint density at radius 1 is 1.04 bits per heavy atom. The lowest BCUT2D eigenvalue weighted by Gasteiger charge is -2.10. The number of benzene rings is 2. The molecule has 0 saturated heterocycles. The highest BCUT2D eigenvalue weighted by Crippen LogP contribution is 2.31. The predicted molar refractivity (Wildman–Crippen MR) is 98.3 cm³/mol. The Morgan fingerprint density at radius 3 is 2.56 bits per heavy atom. The van der Waals surface area contributed by atoms with Crippen LogP contribution in [-0.2, 0) is 0 Å². The number of aromatic nitrogens is 1. The zero-order valence-corrected chi connectivity index (χ0v) is 14.3. The van der Waals surface area contributed by atoms with Crippen molar-refractivity contribution < 1.29 is 9.18 Å². The number of amides is 1. The second kappa shape index (κ2) is 7.51. The maximum absolute atomic E-state index is 13.2. The van der Waals surface area contributed by atoms with Gasteiger partial charge in [0.15, 0.2) is 0 Å². The number of halogens is 3. The predicted octanol–water partition coefficient (Wildman–Crippen LogP) is 5.52. The molecule has 7 heteroatoms. The third-order valence-corrected chi connectivity index (χ3v) is 4.14. The van der Waals surface area contributed by atoms with Gasteiger partial charge in [0, 0.05) is 5.56 Å². The number of nitrogens with one attached hydrogen (secondary N) is 2. The summed E-state index contributed by atoms with van der Waals surface area (Å²) in [4.78, 5) is 16.3. The lowest BCUT2D eigenvalue weighted by molar-refractivity contribution is 0.102. The second-order valence-electron chi connectivity index (χ2n) is 5.12. The SMILES string of the molecule is O=C(Nc1ccc(Nc2cccc(Cl)c2Cl)nc1)c1cccc(F)c1. The van der Waals surface area contributed by atoms with E-state index in [1.165, 1.54) is 30.5 Å². The van der Waals surface area contributed by atoms with Crippen LogP contribution >= 0.6 is 23.2 Å². The van der Waals surface area contributed by atoms with Crippen molar-refractivity contribution in [3.05, 3.63) is 82.2 Å². The van der Waals surface area contributed by atoms with Crippen molar-refractivity contribution in [2.45, 2.75) is 0 Å². The number of anilines is 3. The highest BCUT2D eigenvalue weighted by atomic mass is 35.5. The molecule has 126 valence electrons. The fourth-order valence-corrected chi connectivity index (χ4v) is 2.46. The number of nitrogens with zero attached hydrogens (tertiary/aromatic N) is 1. The average molecular weight is 376 g/mol. The second-order valence-corrected chi connectivity index (χ2v) is 5.91. The molecule has 2 aromatic carbocycles. The molecule has 25 heavy (non-hydrogen) atoms.